The fraction of sp³-hybridized carbons (Fsp3) is 0.0789. The molecule has 0 saturated carbocycles. The van der Waals surface area contributed by atoms with Crippen molar-refractivity contribution in [2.45, 2.75) is 19.6 Å². The number of nitrogens with zero attached hydrogens (tertiary/aromatic N) is 5. The number of allylic oxidation sites excluding steroid dienone is 6. The van der Waals surface area contributed by atoms with E-state index in [9.17, 15) is 52.7 Å². The molecule has 4 aromatic rings. The van der Waals surface area contributed by atoms with E-state index >= 15 is 0 Å². The van der Waals surface area contributed by atoms with Gasteiger partial charge in [-0.3, -0.25) is 0 Å². The van der Waals surface area contributed by atoms with Gasteiger partial charge >= 0.3 is 12.7 Å². The minimum Gasteiger partial charge on any atom is -0.406 e. The van der Waals surface area contributed by atoms with Crippen LogP contribution < -0.4 is 9.47 Å². The van der Waals surface area contributed by atoms with E-state index in [2.05, 4.69) is 15.5 Å². The predicted octanol–water partition coefficient (Wildman–Crippen LogP) is 9.60. The van der Waals surface area contributed by atoms with Gasteiger partial charge in [0.2, 0.25) is 0 Å². The normalized spacial score (nSPS) is 13.8. The fourth-order valence-corrected chi connectivity index (χ4v) is 6.47. The number of nitriles is 5. The number of fused-ring (bicyclic) bond motifs is 4. The minimum absolute atomic E-state index is 0.146. The lowest BCUT2D eigenvalue weighted by atomic mass is 9.83. The second-order valence-electron chi connectivity index (χ2n) is 11.0. The maximum absolute atomic E-state index is 13.0. The summed E-state index contributed by atoms with van der Waals surface area (Å²) >= 11 is 0. The summed E-state index contributed by atoms with van der Waals surface area (Å²) in [6, 6.07) is 25.9. The number of alkyl halides is 6. The molecule has 0 atom stereocenters. The Morgan fingerprint density at radius 3 is 1.33 bits per heavy atom. The molecule has 2 aliphatic rings. The van der Waals surface area contributed by atoms with E-state index in [1.807, 2.05) is 24.3 Å². The van der Waals surface area contributed by atoms with Crippen molar-refractivity contribution in [3.8, 4) is 64.1 Å². The number of halogens is 6. The van der Waals surface area contributed by atoms with Gasteiger partial charge < -0.3 is 9.47 Å². The molecule has 0 spiro atoms. The molecule has 0 N–H and O–H groups in total. The van der Waals surface area contributed by atoms with Crippen LogP contribution in [0.25, 0.3) is 44.5 Å². The second kappa shape index (κ2) is 12.3. The van der Waals surface area contributed by atoms with E-state index < -0.39 is 24.2 Å². The van der Waals surface area contributed by atoms with E-state index in [4.69, 9.17) is 0 Å². The van der Waals surface area contributed by atoms with E-state index in [-0.39, 0.29) is 39.0 Å². The molecule has 0 bridgehead atoms. The third-order valence-electron chi connectivity index (χ3n) is 8.20. The van der Waals surface area contributed by atoms with Gasteiger partial charge in [0, 0.05) is 39.0 Å². The van der Waals surface area contributed by atoms with Crippen molar-refractivity contribution in [1.29, 1.82) is 26.3 Å². The molecule has 4 aromatic carbocycles. The second-order valence-corrected chi connectivity index (χ2v) is 11.0. The van der Waals surface area contributed by atoms with E-state index in [0.29, 0.717) is 50.1 Å². The molecule has 0 amide bonds. The average Bonchev–Trinajstić information content (AvgIpc) is 3.60. The molecule has 0 radical (unpaired) electrons. The molecule has 0 aliphatic heterocycles. The molecule has 6 rings (SSSR count). The highest BCUT2D eigenvalue weighted by Gasteiger charge is 2.42. The molecular formula is C38H15F6N5O2. The summed E-state index contributed by atoms with van der Waals surface area (Å²) in [5.41, 5.74) is 3.21. The van der Waals surface area contributed by atoms with Gasteiger partial charge in [-0.1, -0.05) is 36.4 Å². The van der Waals surface area contributed by atoms with Crippen molar-refractivity contribution >= 4 is 22.3 Å². The Hall–Kier alpha value is -7.27. The molecule has 2 aliphatic carbocycles. The molecule has 0 saturated heterocycles. The maximum Gasteiger partial charge on any atom is 0.573 e. The monoisotopic (exact) mass is 687 g/mol. The van der Waals surface area contributed by atoms with Crippen LogP contribution in [0.4, 0.5) is 26.3 Å². The van der Waals surface area contributed by atoms with Gasteiger partial charge in [0.15, 0.2) is 0 Å². The van der Waals surface area contributed by atoms with Crippen LogP contribution >= 0.6 is 0 Å². The van der Waals surface area contributed by atoms with Crippen LogP contribution in [-0.2, 0) is 0 Å². The molecule has 0 aromatic heterocycles. The van der Waals surface area contributed by atoms with Crippen LogP contribution in [-0.4, -0.2) is 12.7 Å². The Kier molecular flexibility index (Phi) is 8.12. The van der Waals surface area contributed by atoms with E-state index in [0.717, 1.165) is 24.3 Å². The molecule has 51 heavy (non-hydrogen) atoms. The highest BCUT2D eigenvalue weighted by Crippen LogP contribution is 2.62. The smallest absolute Gasteiger partial charge is 0.406 e. The van der Waals surface area contributed by atoms with Gasteiger partial charge in [-0.25, -0.2) is 0 Å². The third kappa shape index (κ3) is 5.78. The fourth-order valence-electron chi connectivity index (χ4n) is 6.47. The van der Waals surface area contributed by atoms with Crippen LogP contribution in [0.5, 0.6) is 11.5 Å². The van der Waals surface area contributed by atoms with Crippen LogP contribution in [0, 0.1) is 56.7 Å². The van der Waals surface area contributed by atoms with E-state index in [1.165, 1.54) is 19.1 Å². The average molecular weight is 688 g/mol. The summed E-state index contributed by atoms with van der Waals surface area (Å²) in [5.74, 6) is -1.27. The molecule has 246 valence electrons. The predicted molar refractivity (Wildman–Crippen MR) is 170 cm³/mol. The quantitative estimate of drug-likeness (QED) is 0.154. The Bertz CT molecular complexity index is 2510. The van der Waals surface area contributed by atoms with Gasteiger partial charge in [-0.05, 0) is 76.7 Å². The summed E-state index contributed by atoms with van der Waals surface area (Å²) in [4.78, 5) is 0. The molecular weight excluding hydrogens is 672 g/mol. The maximum atomic E-state index is 13.0. The van der Waals surface area contributed by atoms with Crippen molar-refractivity contribution in [2.75, 3.05) is 0 Å². The van der Waals surface area contributed by atoms with Crippen LogP contribution in [0.2, 0.25) is 0 Å². The zero-order valence-electron chi connectivity index (χ0n) is 25.7. The number of hydrogen-bond donors (Lipinski definition) is 0. The highest BCUT2D eigenvalue weighted by atomic mass is 19.4. The first-order valence-corrected chi connectivity index (χ1v) is 14.5. The molecule has 0 unspecified atom stereocenters. The van der Waals surface area contributed by atoms with Crippen molar-refractivity contribution in [3.05, 3.63) is 117 Å². The van der Waals surface area contributed by atoms with Gasteiger partial charge in [-0.2, -0.15) is 26.3 Å². The molecule has 7 nitrogen and oxygen atoms in total. The number of ether oxygens (including phenoxy) is 2. The third-order valence-corrected chi connectivity index (χ3v) is 8.20. The lowest BCUT2D eigenvalue weighted by molar-refractivity contribution is -0.275. The van der Waals surface area contributed by atoms with E-state index in [1.54, 1.807) is 36.4 Å². The first kappa shape index (κ1) is 33.6. The van der Waals surface area contributed by atoms with Gasteiger partial charge in [0.1, 0.15) is 29.2 Å². The highest BCUT2D eigenvalue weighted by molar-refractivity contribution is 6.39. The van der Waals surface area contributed by atoms with Crippen LogP contribution in [0.15, 0.2) is 83.9 Å². The number of hydrogen-bond acceptors (Lipinski definition) is 7. The first-order valence-electron chi connectivity index (χ1n) is 14.5. The Balaban J connectivity index is 1.71. The summed E-state index contributed by atoms with van der Waals surface area (Å²) in [6.07, 6.45) is -10.0. The number of rotatable bonds is 4. The van der Waals surface area contributed by atoms with Crippen LogP contribution in [0.1, 0.15) is 40.3 Å². The molecule has 0 heterocycles. The van der Waals surface area contributed by atoms with Gasteiger partial charge in [-0.15, -0.1) is 26.3 Å². The van der Waals surface area contributed by atoms with Gasteiger partial charge in [0.25, 0.3) is 0 Å². The standard InChI is InChI=1S/C38H15F6N5O2/c1-19(14-45)31-29-6-2-4-27(25-10-8-23(12-20(25)15-46)50-37(39,40)41)33(29)36-32(22(17-48)18-49)30-7-3-5-28(34(30)35(31)36)26-11-9-24(13-21(26)16-47)51-38(42,43)44/h2-13H,1H3/b31-19+. The Labute approximate surface area is 285 Å². The summed E-state index contributed by atoms with van der Waals surface area (Å²) in [5, 5.41) is 50.6. The SMILES string of the molecule is C/C(C#N)=C1\C2=C(C(=C(C#N)C#N)c3cccc(-c4ccc(OC(F)(F)F)cc4C#N)c32)c2c1cccc2-c1ccc(OC(F)(F)F)cc1C#N. The number of benzene rings is 4. The Morgan fingerprint density at radius 1 is 0.529 bits per heavy atom. The summed E-state index contributed by atoms with van der Waals surface area (Å²) in [6.45, 7) is 1.54. The van der Waals surface area contributed by atoms with Crippen molar-refractivity contribution in [1.82, 2.24) is 0 Å². The molecule has 0 fully saturated rings. The lowest BCUT2D eigenvalue weighted by Gasteiger charge is -2.19. The van der Waals surface area contributed by atoms with Crippen molar-refractivity contribution in [2.24, 2.45) is 0 Å². The zero-order chi connectivity index (χ0) is 36.8. The van der Waals surface area contributed by atoms with Gasteiger partial charge in [0.05, 0.1) is 29.3 Å². The zero-order valence-corrected chi connectivity index (χ0v) is 25.7. The lowest BCUT2D eigenvalue weighted by Crippen LogP contribution is -2.17. The molecule has 13 heteroatoms. The van der Waals surface area contributed by atoms with Crippen molar-refractivity contribution in [3.63, 3.8) is 0 Å². The van der Waals surface area contributed by atoms with Crippen molar-refractivity contribution < 1.29 is 35.8 Å². The summed E-state index contributed by atoms with van der Waals surface area (Å²) < 4.78 is 86.1. The first-order chi connectivity index (χ1) is 24.2. The summed E-state index contributed by atoms with van der Waals surface area (Å²) in [7, 11) is 0. The van der Waals surface area contributed by atoms with Crippen LogP contribution in [0.3, 0.4) is 0 Å². The Morgan fingerprint density at radius 2 is 0.941 bits per heavy atom. The topological polar surface area (TPSA) is 137 Å². The minimum atomic E-state index is -5.02. The largest absolute Gasteiger partial charge is 0.573 e.